The van der Waals surface area contributed by atoms with Crippen LogP contribution in [-0.4, -0.2) is 17.6 Å². The topological polar surface area (TPSA) is 63.3 Å². The third kappa shape index (κ3) is 23.9. The monoisotopic (exact) mass is 147 g/mol. The van der Waals surface area contributed by atoms with E-state index in [1.807, 2.05) is 0 Å². The second kappa shape index (κ2) is 9.38. The molecule has 0 bridgehead atoms. The van der Waals surface area contributed by atoms with Crippen molar-refractivity contribution in [3.05, 3.63) is 0 Å². The van der Waals surface area contributed by atoms with Gasteiger partial charge in [-0.1, -0.05) is 0 Å². The van der Waals surface area contributed by atoms with Crippen molar-refractivity contribution in [2.45, 2.75) is 0 Å². The maximum absolute atomic E-state index is 9.24. The number of nitrogens with two attached hydrogens (primary N) is 1. The highest BCUT2D eigenvalue weighted by molar-refractivity contribution is 5.85. The van der Waals surface area contributed by atoms with Gasteiger partial charge in [-0.25, -0.2) is 0 Å². The molecule has 0 aliphatic heterocycles. The molecule has 3 N–H and O–H groups in total. The molecular weight excluding hydrogens is 141 g/mol. The fraction of sp³-hybridized carbons (Fsp3) is 0.500. The van der Waals surface area contributed by atoms with Gasteiger partial charge >= 0.3 is 5.97 Å². The Morgan fingerprint density at radius 3 is 1.71 bits per heavy atom. The van der Waals surface area contributed by atoms with Gasteiger partial charge in [0.25, 0.3) is 0 Å². The summed E-state index contributed by atoms with van der Waals surface area (Å²) in [5.74, 6) is -0.968. The molecule has 0 rings (SSSR count). The predicted octanol–water partition coefficient (Wildman–Crippen LogP) is -0.127. The van der Waals surface area contributed by atoms with E-state index in [0.29, 0.717) is 0 Å². The molecule has 0 saturated heterocycles. The lowest BCUT2D eigenvalue weighted by Crippen LogP contribution is -2.10. The van der Waals surface area contributed by atoms with E-state index in [1.54, 1.807) is 0 Å². The standard InChI is InChI=1S/C2H5NO2.2ClH/c3-1-2(4)5;;/h1,3H2,(H,4,5);2*1H. The number of aliphatic carboxylic acids is 1. The maximum Gasteiger partial charge on any atom is 0.317 e. The van der Waals surface area contributed by atoms with Crippen LogP contribution in [0.15, 0.2) is 0 Å². The highest BCUT2D eigenvalue weighted by Crippen LogP contribution is 1.43. The lowest BCUT2D eigenvalue weighted by molar-refractivity contribution is -0.135. The van der Waals surface area contributed by atoms with E-state index in [0.717, 1.165) is 0 Å². The molecule has 0 fully saturated rings. The van der Waals surface area contributed by atoms with Crippen LogP contribution in [-0.2, 0) is 4.79 Å². The largest absolute Gasteiger partial charge is 0.480 e. The Bertz CT molecular complexity index is 49.0. The number of carboxylic acids is 1. The molecule has 0 heterocycles. The minimum absolute atomic E-state index is 0. The van der Waals surface area contributed by atoms with E-state index in [1.165, 1.54) is 0 Å². The first-order valence-electron chi connectivity index (χ1n) is 1.19. The van der Waals surface area contributed by atoms with E-state index < -0.39 is 5.97 Å². The average Bonchev–Trinajstić information content (AvgIpc) is 1.38. The van der Waals surface area contributed by atoms with Gasteiger partial charge in [-0.2, -0.15) is 0 Å². The Hall–Kier alpha value is 0.01000. The SMILES string of the molecule is Cl.Cl.NCC(=O)O. The van der Waals surface area contributed by atoms with Crippen molar-refractivity contribution in [1.29, 1.82) is 0 Å². The first-order chi connectivity index (χ1) is 2.27. The molecule has 0 spiro atoms. The summed E-state index contributed by atoms with van der Waals surface area (Å²) >= 11 is 0. The summed E-state index contributed by atoms with van der Waals surface area (Å²) in [6, 6.07) is 0. The van der Waals surface area contributed by atoms with Gasteiger partial charge < -0.3 is 10.8 Å². The van der Waals surface area contributed by atoms with E-state index in [2.05, 4.69) is 5.73 Å². The third-order valence-electron chi connectivity index (χ3n) is 0.175. The zero-order valence-electron chi connectivity index (χ0n) is 3.46. The number of hydrogen-bond acceptors (Lipinski definition) is 2. The number of rotatable bonds is 1. The summed E-state index contributed by atoms with van der Waals surface area (Å²) in [5.41, 5.74) is 4.57. The third-order valence-corrected chi connectivity index (χ3v) is 0.175. The minimum atomic E-state index is -0.968. The van der Waals surface area contributed by atoms with Gasteiger partial charge in [0.1, 0.15) is 0 Å². The summed E-state index contributed by atoms with van der Waals surface area (Å²) in [7, 11) is 0. The van der Waals surface area contributed by atoms with Crippen LogP contribution in [0.1, 0.15) is 0 Å². The van der Waals surface area contributed by atoms with Gasteiger partial charge in [0, 0.05) is 0 Å². The van der Waals surface area contributed by atoms with Crippen molar-refractivity contribution in [3.63, 3.8) is 0 Å². The Morgan fingerprint density at radius 1 is 1.57 bits per heavy atom. The first kappa shape index (κ1) is 15.7. The van der Waals surface area contributed by atoms with Crippen LogP contribution in [0.5, 0.6) is 0 Å². The predicted molar refractivity (Wildman–Crippen MR) is 31.2 cm³/mol. The van der Waals surface area contributed by atoms with E-state index in [-0.39, 0.29) is 31.4 Å². The van der Waals surface area contributed by atoms with Crippen molar-refractivity contribution in [1.82, 2.24) is 0 Å². The molecular formula is C2H7Cl2NO2. The van der Waals surface area contributed by atoms with E-state index in [9.17, 15) is 4.79 Å². The summed E-state index contributed by atoms with van der Waals surface area (Å²) < 4.78 is 0. The number of carboxylic acid groups (broad SMARTS) is 1. The van der Waals surface area contributed by atoms with Crippen LogP contribution >= 0.6 is 24.8 Å². The van der Waals surface area contributed by atoms with Crippen molar-refractivity contribution in [2.24, 2.45) is 5.73 Å². The smallest absolute Gasteiger partial charge is 0.317 e. The van der Waals surface area contributed by atoms with Gasteiger partial charge in [-0.3, -0.25) is 4.79 Å². The molecule has 0 saturated carbocycles. The first-order valence-corrected chi connectivity index (χ1v) is 1.19. The Morgan fingerprint density at radius 2 is 1.71 bits per heavy atom. The normalized spacial score (nSPS) is 5.29. The lowest BCUT2D eigenvalue weighted by atomic mass is 10.7. The summed E-state index contributed by atoms with van der Waals surface area (Å²) in [6.07, 6.45) is 0. The zero-order valence-corrected chi connectivity index (χ0v) is 5.09. The van der Waals surface area contributed by atoms with Crippen LogP contribution in [0.3, 0.4) is 0 Å². The molecule has 0 unspecified atom stereocenters. The van der Waals surface area contributed by atoms with Crippen LogP contribution in [0.4, 0.5) is 0 Å². The summed E-state index contributed by atoms with van der Waals surface area (Å²) in [4.78, 5) is 9.24. The van der Waals surface area contributed by atoms with Gasteiger partial charge in [0.05, 0.1) is 6.54 Å². The molecule has 46 valence electrons. The highest BCUT2D eigenvalue weighted by atomic mass is 35.5. The Balaban J connectivity index is -0.0000000800. The molecule has 0 radical (unpaired) electrons. The molecule has 0 amide bonds. The zero-order chi connectivity index (χ0) is 4.28. The molecule has 0 aromatic heterocycles. The Labute approximate surface area is 53.7 Å². The molecule has 3 nitrogen and oxygen atoms in total. The lowest BCUT2D eigenvalue weighted by Gasteiger charge is -1.73. The molecule has 0 aliphatic rings. The van der Waals surface area contributed by atoms with Crippen molar-refractivity contribution < 1.29 is 9.90 Å². The van der Waals surface area contributed by atoms with Crippen LogP contribution in [0, 0.1) is 0 Å². The molecule has 0 atom stereocenters. The van der Waals surface area contributed by atoms with Crippen LogP contribution in [0.2, 0.25) is 0 Å². The number of halogens is 2. The van der Waals surface area contributed by atoms with E-state index in [4.69, 9.17) is 5.11 Å². The maximum atomic E-state index is 9.24. The molecule has 0 aromatic carbocycles. The second-order valence-corrected chi connectivity index (χ2v) is 0.598. The molecule has 0 aliphatic carbocycles. The molecule has 5 heteroatoms. The van der Waals surface area contributed by atoms with Crippen LogP contribution < -0.4 is 5.73 Å². The fourth-order valence-corrected chi connectivity index (χ4v) is 0. The van der Waals surface area contributed by atoms with Crippen LogP contribution in [0.25, 0.3) is 0 Å². The summed E-state index contributed by atoms with van der Waals surface area (Å²) in [6.45, 7) is -0.278. The second-order valence-electron chi connectivity index (χ2n) is 0.598. The van der Waals surface area contributed by atoms with Crippen molar-refractivity contribution >= 4 is 30.8 Å². The number of hydrogen-bond donors (Lipinski definition) is 2. The fourth-order valence-electron chi connectivity index (χ4n) is 0. The number of carbonyl (C=O) groups is 1. The Kier molecular flexibility index (Phi) is 21.1. The van der Waals surface area contributed by atoms with E-state index >= 15 is 0 Å². The van der Waals surface area contributed by atoms with Gasteiger partial charge in [0.2, 0.25) is 0 Å². The highest BCUT2D eigenvalue weighted by Gasteiger charge is 1.81. The average molecular weight is 148 g/mol. The van der Waals surface area contributed by atoms with Gasteiger partial charge in [-0.05, 0) is 0 Å². The summed E-state index contributed by atoms with van der Waals surface area (Å²) in [5, 5.41) is 7.60. The molecule has 7 heavy (non-hydrogen) atoms. The quantitative estimate of drug-likeness (QED) is 0.544. The van der Waals surface area contributed by atoms with Gasteiger partial charge in [-0.15, -0.1) is 24.8 Å². The van der Waals surface area contributed by atoms with Crippen molar-refractivity contribution in [3.8, 4) is 0 Å². The van der Waals surface area contributed by atoms with Crippen molar-refractivity contribution in [2.75, 3.05) is 6.54 Å². The molecule has 0 aromatic rings. The van der Waals surface area contributed by atoms with Gasteiger partial charge in [0.15, 0.2) is 0 Å². The minimum Gasteiger partial charge on any atom is -0.480 e.